The fourth-order valence-corrected chi connectivity index (χ4v) is 3.59. The molecule has 0 aromatic carbocycles. The highest BCUT2D eigenvalue weighted by Crippen LogP contribution is 2.39. The minimum absolute atomic E-state index is 0.591. The van der Waals surface area contributed by atoms with Crippen molar-refractivity contribution in [3.8, 4) is 0 Å². The Morgan fingerprint density at radius 2 is 1.73 bits per heavy atom. The van der Waals surface area contributed by atoms with Crippen LogP contribution in [0, 0.1) is 11.3 Å². The lowest BCUT2D eigenvalue weighted by Gasteiger charge is -2.40. The summed E-state index contributed by atoms with van der Waals surface area (Å²) in [6.07, 6.45) is 9.94. The fraction of sp³-hybridized carbons (Fsp3) is 1.00. The Labute approximate surface area is 95.0 Å². The molecule has 2 fully saturated rings. The minimum atomic E-state index is 0.591. The SMILES string of the molecule is CC1CC(C)(C)CCC1NC1CCCC1. The molecule has 15 heavy (non-hydrogen) atoms. The molecule has 0 saturated heterocycles. The first-order valence-electron chi connectivity index (χ1n) is 6.83. The quantitative estimate of drug-likeness (QED) is 0.730. The van der Waals surface area contributed by atoms with Crippen LogP contribution in [-0.4, -0.2) is 12.1 Å². The van der Waals surface area contributed by atoms with E-state index >= 15 is 0 Å². The molecule has 0 aliphatic heterocycles. The maximum atomic E-state index is 3.91. The normalized spacial score (nSPS) is 37.0. The lowest BCUT2D eigenvalue weighted by molar-refractivity contribution is 0.141. The summed E-state index contributed by atoms with van der Waals surface area (Å²) in [5.41, 5.74) is 0.591. The maximum absolute atomic E-state index is 3.91. The van der Waals surface area contributed by atoms with E-state index < -0.39 is 0 Å². The van der Waals surface area contributed by atoms with Crippen molar-refractivity contribution in [2.75, 3.05) is 0 Å². The van der Waals surface area contributed by atoms with Gasteiger partial charge in [0, 0.05) is 12.1 Å². The molecule has 0 radical (unpaired) electrons. The minimum Gasteiger partial charge on any atom is -0.311 e. The first-order valence-corrected chi connectivity index (χ1v) is 6.83. The van der Waals surface area contributed by atoms with Crippen LogP contribution in [0.5, 0.6) is 0 Å². The summed E-state index contributed by atoms with van der Waals surface area (Å²) in [5.74, 6) is 0.870. The predicted octanol–water partition coefficient (Wildman–Crippen LogP) is 3.73. The average molecular weight is 209 g/mol. The zero-order chi connectivity index (χ0) is 10.9. The van der Waals surface area contributed by atoms with E-state index in [1.165, 1.54) is 44.9 Å². The molecular weight excluding hydrogens is 182 g/mol. The van der Waals surface area contributed by atoms with Crippen molar-refractivity contribution in [1.82, 2.24) is 5.32 Å². The molecule has 0 bridgehead atoms. The predicted molar refractivity (Wildman–Crippen MR) is 66.0 cm³/mol. The Balaban J connectivity index is 1.83. The van der Waals surface area contributed by atoms with Crippen LogP contribution in [0.3, 0.4) is 0 Å². The van der Waals surface area contributed by atoms with E-state index in [0.29, 0.717) is 5.41 Å². The summed E-state index contributed by atoms with van der Waals surface area (Å²) in [5, 5.41) is 3.91. The molecule has 0 aromatic rings. The van der Waals surface area contributed by atoms with Crippen molar-refractivity contribution in [3.05, 3.63) is 0 Å². The van der Waals surface area contributed by atoms with Gasteiger partial charge in [-0.25, -0.2) is 0 Å². The Morgan fingerprint density at radius 3 is 2.33 bits per heavy atom. The van der Waals surface area contributed by atoms with Crippen molar-refractivity contribution in [1.29, 1.82) is 0 Å². The second kappa shape index (κ2) is 4.45. The molecule has 0 aromatic heterocycles. The molecule has 2 atom stereocenters. The van der Waals surface area contributed by atoms with Gasteiger partial charge in [-0.05, 0) is 43.4 Å². The van der Waals surface area contributed by atoms with Crippen LogP contribution < -0.4 is 5.32 Å². The third-order valence-electron chi connectivity index (χ3n) is 4.50. The van der Waals surface area contributed by atoms with Crippen molar-refractivity contribution in [3.63, 3.8) is 0 Å². The Kier molecular flexibility index (Phi) is 3.39. The molecule has 88 valence electrons. The second-order valence-corrected chi connectivity index (χ2v) is 6.64. The number of rotatable bonds is 2. The molecule has 0 heterocycles. The molecule has 2 aliphatic carbocycles. The fourth-order valence-electron chi connectivity index (χ4n) is 3.59. The molecular formula is C14H27N. The van der Waals surface area contributed by atoms with Crippen molar-refractivity contribution in [2.45, 2.75) is 77.8 Å². The van der Waals surface area contributed by atoms with E-state index in [9.17, 15) is 0 Å². The van der Waals surface area contributed by atoms with Crippen LogP contribution >= 0.6 is 0 Å². The second-order valence-electron chi connectivity index (χ2n) is 6.64. The smallest absolute Gasteiger partial charge is 0.00956 e. The Bertz CT molecular complexity index is 203. The van der Waals surface area contributed by atoms with Crippen LogP contribution in [0.1, 0.15) is 65.7 Å². The lowest BCUT2D eigenvalue weighted by Crippen LogP contribution is -2.45. The van der Waals surface area contributed by atoms with Crippen molar-refractivity contribution in [2.24, 2.45) is 11.3 Å². The monoisotopic (exact) mass is 209 g/mol. The zero-order valence-electron chi connectivity index (χ0n) is 10.7. The zero-order valence-corrected chi connectivity index (χ0v) is 10.7. The highest BCUT2D eigenvalue weighted by atomic mass is 15.0. The third-order valence-corrected chi connectivity index (χ3v) is 4.50. The van der Waals surface area contributed by atoms with Gasteiger partial charge >= 0.3 is 0 Å². The standard InChI is InChI=1S/C14H27N/c1-11-10-14(2,3)9-8-13(11)15-12-6-4-5-7-12/h11-13,15H,4-10H2,1-3H3. The topological polar surface area (TPSA) is 12.0 Å². The molecule has 2 saturated carbocycles. The van der Waals surface area contributed by atoms with Gasteiger partial charge in [-0.3, -0.25) is 0 Å². The van der Waals surface area contributed by atoms with Crippen LogP contribution in [0.25, 0.3) is 0 Å². The molecule has 1 heteroatoms. The first-order chi connectivity index (χ1) is 7.07. The van der Waals surface area contributed by atoms with Crippen LogP contribution in [0.15, 0.2) is 0 Å². The van der Waals surface area contributed by atoms with Gasteiger partial charge < -0.3 is 5.32 Å². The summed E-state index contributed by atoms with van der Waals surface area (Å²) in [7, 11) is 0. The average Bonchev–Trinajstić information content (AvgIpc) is 2.61. The van der Waals surface area contributed by atoms with Crippen molar-refractivity contribution < 1.29 is 0 Å². The van der Waals surface area contributed by atoms with E-state index in [-0.39, 0.29) is 0 Å². The molecule has 2 aliphatic rings. The highest BCUT2D eigenvalue weighted by molar-refractivity contribution is 4.89. The van der Waals surface area contributed by atoms with E-state index in [0.717, 1.165) is 18.0 Å². The van der Waals surface area contributed by atoms with Crippen molar-refractivity contribution >= 4 is 0 Å². The largest absolute Gasteiger partial charge is 0.311 e. The van der Waals surface area contributed by atoms with Gasteiger partial charge in [0.1, 0.15) is 0 Å². The van der Waals surface area contributed by atoms with E-state index in [2.05, 4.69) is 26.1 Å². The lowest BCUT2D eigenvalue weighted by atomic mass is 9.70. The van der Waals surface area contributed by atoms with Crippen LogP contribution in [-0.2, 0) is 0 Å². The van der Waals surface area contributed by atoms with Gasteiger partial charge in [0.15, 0.2) is 0 Å². The highest BCUT2D eigenvalue weighted by Gasteiger charge is 2.33. The van der Waals surface area contributed by atoms with E-state index in [4.69, 9.17) is 0 Å². The van der Waals surface area contributed by atoms with Gasteiger partial charge in [0.2, 0.25) is 0 Å². The first kappa shape index (κ1) is 11.4. The molecule has 2 rings (SSSR count). The van der Waals surface area contributed by atoms with Gasteiger partial charge in [-0.15, -0.1) is 0 Å². The van der Waals surface area contributed by atoms with Gasteiger partial charge in [-0.2, -0.15) is 0 Å². The Hall–Kier alpha value is -0.0400. The Morgan fingerprint density at radius 1 is 1.07 bits per heavy atom. The van der Waals surface area contributed by atoms with Gasteiger partial charge in [0.05, 0.1) is 0 Å². The summed E-state index contributed by atoms with van der Waals surface area (Å²) in [6.45, 7) is 7.29. The summed E-state index contributed by atoms with van der Waals surface area (Å²) >= 11 is 0. The summed E-state index contributed by atoms with van der Waals surface area (Å²) in [6, 6.07) is 1.65. The van der Waals surface area contributed by atoms with E-state index in [1.54, 1.807) is 0 Å². The number of nitrogens with one attached hydrogen (secondary N) is 1. The van der Waals surface area contributed by atoms with E-state index in [1.807, 2.05) is 0 Å². The molecule has 2 unspecified atom stereocenters. The van der Waals surface area contributed by atoms with Crippen LogP contribution in [0.2, 0.25) is 0 Å². The number of hydrogen-bond acceptors (Lipinski definition) is 1. The maximum Gasteiger partial charge on any atom is 0.00956 e. The van der Waals surface area contributed by atoms with Gasteiger partial charge in [-0.1, -0.05) is 33.6 Å². The number of hydrogen-bond donors (Lipinski definition) is 1. The third kappa shape index (κ3) is 2.96. The van der Waals surface area contributed by atoms with Gasteiger partial charge in [0.25, 0.3) is 0 Å². The molecule has 1 N–H and O–H groups in total. The molecule has 0 amide bonds. The molecule has 0 spiro atoms. The summed E-state index contributed by atoms with van der Waals surface area (Å²) in [4.78, 5) is 0. The summed E-state index contributed by atoms with van der Waals surface area (Å²) < 4.78 is 0. The molecule has 1 nitrogen and oxygen atoms in total. The van der Waals surface area contributed by atoms with Crippen LogP contribution in [0.4, 0.5) is 0 Å².